The van der Waals surface area contributed by atoms with E-state index in [2.05, 4.69) is 56.9 Å². The lowest BCUT2D eigenvalue weighted by Gasteiger charge is -2.36. The van der Waals surface area contributed by atoms with E-state index in [0.29, 0.717) is 32.6 Å². The summed E-state index contributed by atoms with van der Waals surface area (Å²) in [6.07, 6.45) is 2.41. The Labute approximate surface area is 187 Å². The van der Waals surface area contributed by atoms with Crippen LogP contribution < -0.4 is 4.90 Å². The Balaban J connectivity index is 1.91. The Morgan fingerprint density at radius 1 is 1.00 bits per heavy atom. The highest BCUT2D eigenvalue weighted by atomic mass is 32.2. The van der Waals surface area contributed by atoms with E-state index in [-0.39, 0.29) is 11.7 Å². The number of rotatable bonds is 8. The van der Waals surface area contributed by atoms with Gasteiger partial charge in [-0.05, 0) is 32.3 Å². The van der Waals surface area contributed by atoms with Crippen LogP contribution in [0.5, 0.6) is 0 Å². The van der Waals surface area contributed by atoms with Gasteiger partial charge in [0, 0.05) is 49.8 Å². The third-order valence-electron chi connectivity index (χ3n) is 6.16. The average Bonchev–Trinajstić information content (AvgIpc) is 2.76. The zero-order valence-corrected chi connectivity index (χ0v) is 20.4. The van der Waals surface area contributed by atoms with E-state index in [1.54, 1.807) is 4.31 Å². The smallest absolute Gasteiger partial charge is 0.214 e. The first-order valence-corrected chi connectivity index (χ1v) is 13.0. The predicted molar refractivity (Wildman–Crippen MR) is 127 cm³/mol. The molecule has 0 radical (unpaired) electrons. The summed E-state index contributed by atoms with van der Waals surface area (Å²) in [4.78, 5) is 12.1. The molecule has 1 aliphatic heterocycles. The second kappa shape index (κ2) is 10.1. The highest BCUT2D eigenvalue weighted by molar-refractivity contribution is 7.89. The third kappa shape index (κ3) is 5.63. The van der Waals surface area contributed by atoms with Crippen molar-refractivity contribution in [1.29, 1.82) is 0 Å². The molecule has 0 aliphatic carbocycles. The van der Waals surface area contributed by atoms with Gasteiger partial charge in [0.2, 0.25) is 10.0 Å². The first-order valence-electron chi connectivity index (χ1n) is 11.4. The second-order valence-electron chi connectivity index (χ2n) is 8.64. The van der Waals surface area contributed by atoms with Gasteiger partial charge in [0.15, 0.2) is 0 Å². The van der Waals surface area contributed by atoms with E-state index in [1.165, 1.54) is 11.1 Å². The number of anilines is 1. The van der Waals surface area contributed by atoms with E-state index in [4.69, 9.17) is 9.97 Å². The van der Waals surface area contributed by atoms with Gasteiger partial charge in [-0.1, -0.05) is 50.6 Å². The first-order chi connectivity index (χ1) is 14.7. The molecular formula is C24H36N4O2S. The summed E-state index contributed by atoms with van der Waals surface area (Å²) in [7, 11) is -3.16. The number of sulfonamides is 1. The summed E-state index contributed by atoms with van der Waals surface area (Å²) in [5, 5.41) is 0. The lowest BCUT2D eigenvalue weighted by molar-refractivity contribution is 0.383. The molecule has 1 atom stereocenters. The lowest BCUT2D eigenvalue weighted by Crippen LogP contribution is -2.49. The van der Waals surface area contributed by atoms with Gasteiger partial charge in [0.25, 0.3) is 0 Å². The minimum atomic E-state index is -3.16. The van der Waals surface area contributed by atoms with Gasteiger partial charge in [-0.25, -0.2) is 18.4 Å². The first kappa shape index (κ1) is 23.7. The van der Waals surface area contributed by atoms with Crippen molar-refractivity contribution in [2.45, 2.75) is 59.8 Å². The molecule has 0 spiro atoms. The zero-order chi connectivity index (χ0) is 22.6. The minimum absolute atomic E-state index is 0.219. The standard InChI is InChI=1S/C24H36N4O2S/c1-6-16-31(29,30)28-14-12-27(13-15-28)24-22(17-21-10-8-18(3)9-11-21)20(5)25-23(26-24)19(4)7-2/h8-11,19H,6-7,12-17H2,1-5H3/t19-/m0/s1. The molecule has 1 fully saturated rings. The molecule has 2 heterocycles. The molecule has 1 aliphatic rings. The number of hydrogen-bond donors (Lipinski definition) is 0. The summed E-state index contributed by atoms with van der Waals surface area (Å²) in [6, 6.07) is 8.60. The van der Waals surface area contributed by atoms with Crippen LogP contribution in [0.25, 0.3) is 0 Å². The minimum Gasteiger partial charge on any atom is -0.354 e. The molecule has 0 unspecified atom stereocenters. The summed E-state index contributed by atoms with van der Waals surface area (Å²) in [5.41, 5.74) is 4.63. The van der Waals surface area contributed by atoms with Crippen molar-refractivity contribution in [2.24, 2.45) is 0 Å². The highest BCUT2D eigenvalue weighted by Gasteiger charge is 2.28. The normalized spacial score (nSPS) is 16.5. The maximum Gasteiger partial charge on any atom is 0.214 e. The Bertz CT molecular complexity index is 981. The molecular weight excluding hydrogens is 408 g/mol. The Hall–Kier alpha value is -1.99. The van der Waals surface area contributed by atoms with E-state index in [0.717, 1.165) is 35.7 Å². The van der Waals surface area contributed by atoms with E-state index in [9.17, 15) is 8.42 Å². The van der Waals surface area contributed by atoms with E-state index < -0.39 is 10.0 Å². The molecule has 3 rings (SSSR count). The van der Waals surface area contributed by atoms with Crippen LogP contribution in [0.1, 0.15) is 67.7 Å². The average molecular weight is 445 g/mol. The fourth-order valence-corrected chi connectivity index (χ4v) is 5.44. The van der Waals surface area contributed by atoms with Crippen LogP contribution in [0.2, 0.25) is 0 Å². The molecule has 1 aromatic heterocycles. The largest absolute Gasteiger partial charge is 0.354 e. The molecule has 0 saturated carbocycles. The fourth-order valence-electron chi connectivity index (χ4n) is 3.95. The van der Waals surface area contributed by atoms with Crippen LogP contribution in [0.4, 0.5) is 5.82 Å². The fraction of sp³-hybridized carbons (Fsp3) is 0.583. The van der Waals surface area contributed by atoms with Gasteiger partial charge in [-0.15, -0.1) is 0 Å². The zero-order valence-electron chi connectivity index (χ0n) is 19.6. The maximum atomic E-state index is 12.5. The van der Waals surface area contributed by atoms with Gasteiger partial charge < -0.3 is 4.90 Å². The number of piperazine rings is 1. The van der Waals surface area contributed by atoms with Crippen LogP contribution in [0.3, 0.4) is 0 Å². The van der Waals surface area contributed by atoms with Crippen molar-refractivity contribution in [3.8, 4) is 0 Å². The summed E-state index contributed by atoms with van der Waals surface area (Å²) >= 11 is 0. The van der Waals surface area contributed by atoms with Crippen LogP contribution >= 0.6 is 0 Å². The number of hydrogen-bond acceptors (Lipinski definition) is 5. The summed E-state index contributed by atoms with van der Waals surface area (Å²) < 4.78 is 26.6. The van der Waals surface area contributed by atoms with Crippen molar-refractivity contribution < 1.29 is 8.42 Å². The van der Waals surface area contributed by atoms with Gasteiger partial charge in [0.05, 0.1) is 5.75 Å². The van der Waals surface area contributed by atoms with Crippen molar-refractivity contribution >= 4 is 15.8 Å². The monoisotopic (exact) mass is 444 g/mol. The predicted octanol–water partition coefficient (Wildman–Crippen LogP) is 4.06. The van der Waals surface area contributed by atoms with E-state index >= 15 is 0 Å². The van der Waals surface area contributed by atoms with Crippen LogP contribution in [0.15, 0.2) is 24.3 Å². The molecule has 31 heavy (non-hydrogen) atoms. The van der Waals surface area contributed by atoms with Crippen molar-refractivity contribution in [1.82, 2.24) is 14.3 Å². The molecule has 0 bridgehead atoms. The van der Waals surface area contributed by atoms with Crippen LogP contribution in [-0.2, 0) is 16.4 Å². The third-order valence-corrected chi connectivity index (χ3v) is 8.23. The Morgan fingerprint density at radius 3 is 2.23 bits per heavy atom. The van der Waals surface area contributed by atoms with Gasteiger partial charge in [-0.2, -0.15) is 4.31 Å². The SMILES string of the molecule is CCCS(=O)(=O)N1CCN(c2nc([C@@H](C)CC)nc(C)c2Cc2ccc(C)cc2)CC1. The van der Waals surface area contributed by atoms with Gasteiger partial charge in [-0.3, -0.25) is 0 Å². The molecule has 1 saturated heterocycles. The summed E-state index contributed by atoms with van der Waals surface area (Å²) in [6.45, 7) is 12.7. The lowest BCUT2D eigenvalue weighted by atomic mass is 10.0. The van der Waals surface area contributed by atoms with Crippen LogP contribution in [-0.4, -0.2) is 54.6 Å². The number of nitrogens with zero attached hydrogens (tertiary/aromatic N) is 4. The quantitative estimate of drug-likeness (QED) is 0.614. The number of benzene rings is 1. The number of aromatic nitrogens is 2. The van der Waals surface area contributed by atoms with Crippen molar-refractivity contribution in [3.63, 3.8) is 0 Å². The van der Waals surface area contributed by atoms with Gasteiger partial charge >= 0.3 is 0 Å². The second-order valence-corrected chi connectivity index (χ2v) is 10.7. The Kier molecular flexibility index (Phi) is 7.70. The van der Waals surface area contributed by atoms with Gasteiger partial charge in [0.1, 0.15) is 11.6 Å². The Morgan fingerprint density at radius 2 is 1.65 bits per heavy atom. The molecule has 7 heteroatoms. The topological polar surface area (TPSA) is 66.4 Å². The molecule has 2 aromatic rings. The van der Waals surface area contributed by atoms with Crippen LogP contribution in [0, 0.1) is 13.8 Å². The highest BCUT2D eigenvalue weighted by Crippen LogP contribution is 2.28. The molecule has 6 nitrogen and oxygen atoms in total. The maximum absolute atomic E-state index is 12.5. The number of aryl methyl sites for hydroxylation is 2. The molecule has 0 amide bonds. The summed E-state index contributed by atoms with van der Waals surface area (Å²) in [5.74, 6) is 2.35. The molecule has 170 valence electrons. The van der Waals surface area contributed by atoms with Crippen molar-refractivity contribution in [2.75, 3.05) is 36.8 Å². The molecule has 1 aromatic carbocycles. The van der Waals surface area contributed by atoms with E-state index in [1.807, 2.05) is 6.92 Å². The molecule has 0 N–H and O–H groups in total. The van der Waals surface area contributed by atoms with Crippen molar-refractivity contribution in [3.05, 3.63) is 52.5 Å².